The molecule has 0 spiro atoms. The first-order valence-electron chi connectivity index (χ1n) is 3.47. The normalized spacial score (nSPS) is 15.1. The van der Waals surface area contributed by atoms with Crippen LogP contribution in [0.5, 0.6) is 0 Å². The van der Waals surface area contributed by atoms with Crippen molar-refractivity contribution >= 4 is 17.6 Å². The molecule has 0 aromatic rings. The van der Waals surface area contributed by atoms with Crippen molar-refractivity contribution in [3.8, 4) is 0 Å². The maximum atomic E-state index is 4.90. The molecule has 1 heteroatoms. The minimum atomic E-state index is 0.358. The van der Waals surface area contributed by atoms with Gasteiger partial charge in [-0.3, -0.25) is 0 Å². The Hall–Kier alpha value is 0.0900. The first-order valence-corrected chi connectivity index (χ1v) is 3.94. The first-order chi connectivity index (χ1) is 4.02. The molecule has 0 N–H and O–H groups in total. The van der Waals surface area contributed by atoms with Crippen LogP contribution in [0.1, 0.15) is 34.1 Å². The van der Waals surface area contributed by atoms with E-state index in [4.69, 9.17) is 12.2 Å². The van der Waals surface area contributed by atoms with Crippen LogP contribution in [0.4, 0.5) is 0 Å². The fourth-order valence-electron chi connectivity index (χ4n) is 0.913. The predicted octanol–water partition coefficient (Wildman–Crippen LogP) is 3.06. The van der Waals surface area contributed by atoms with Crippen molar-refractivity contribution in [3.63, 3.8) is 0 Å². The van der Waals surface area contributed by atoms with E-state index >= 15 is 0 Å². The zero-order valence-electron chi connectivity index (χ0n) is 6.77. The average molecular weight is 144 g/mol. The van der Waals surface area contributed by atoms with Gasteiger partial charge in [0.1, 0.15) is 0 Å². The third-order valence-corrected chi connectivity index (χ3v) is 2.04. The van der Waals surface area contributed by atoms with Gasteiger partial charge in [-0.25, -0.2) is 0 Å². The molecule has 0 nitrogen and oxygen atoms in total. The van der Waals surface area contributed by atoms with E-state index in [0.717, 1.165) is 6.42 Å². The summed E-state index contributed by atoms with van der Waals surface area (Å²) >= 11 is 4.90. The highest BCUT2D eigenvalue weighted by atomic mass is 32.1. The van der Waals surface area contributed by atoms with E-state index in [1.165, 1.54) is 0 Å². The lowest BCUT2D eigenvalue weighted by Gasteiger charge is -2.25. The predicted molar refractivity (Wildman–Crippen MR) is 46.9 cm³/mol. The average Bonchev–Trinajstić information content (AvgIpc) is 1.65. The summed E-state index contributed by atoms with van der Waals surface area (Å²) in [6.07, 6.45) is 1.16. The van der Waals surface area contributed by atoms with E-state index in [0.29, 0.717) is 11.3 Å². The summed E-state index contributed by atoms with van der Waals surface area (Å²) in [7, 11) is 0. The van der Waals surface area contributed by atoms with Crippen molar-refractivity contribution in [2.24, 2.45) is 11.3 Å². The van der Waals surface area contributed by atoms with Crippen LogP contribution in [-0.4, -0.2) is 5.37 Å². The second-order valence-electron chi connectivity index (χ2n) is 3.52. The Morgan fingerprint density at radius 2 is 1.89 bits per heavy atom. The largest absolute Gasteiger partial charge is 0.0932 e. The lowest BCUT2D eigenvalue weighted by molar-refractivity contribution is 0.313. The summed E-state index contributed by atoms with van der Waals surface area (Å²) in [6.45, 7) is 8.86. The highest BCUT2D eigenvalue weighted by Gasteiger charge is 2.19. The van der Waals surface area contributed by atoms with Gasteiger partial charge in [0.05, 0.1) is 0 Å². The smallest absolute Gasteiger partial charge is 0.00824 e. The minimum Gasteiger partial charge on any atom is -0.0932 e. The van der Waals surface area contributed by atoms with Crippen LogP contribution in [0, 0.1) is 11.3 Å². The van der Waals surface area contributed by atoms with Crippen molar-refractivity contribution in [3.05, 3.63) is 0 Å². The molecule has 0 amide bonds. The van der Waals surface area contributed by atoms with Gasteiger partial charge in [0.15, 0.2) is 0 Å². The molecule has 0 aliphatic heterocycles. The number of thiocarbonyl (C=S) groups is 1. The Morgan fingerprint density at radius 1 is 1.44 bits per heavy atom. The van der Waals surface area contributed by atoms with Crippen molar-refractivity contribution in [2.75, 3.05) is 0 Å². The van der Waals surface area contributed by atoms with Crippen LogP contribution >= 0.6 is 12.2 Å². The van der Waals surface area contributed by atoms with E-state index in [2.05, 4.69) is 27.7 Å². The van der Waals surface area contributed by atoms with Gasteiger partial charge in [-0.1, -0.05) is 39.9 Å². The fraction of sp³-hybridized carbons (Fsp3) is 0.875. The summed E-state index contributed by atoms with van der Waals surface area (Å²) in [5, 5.41) is 1.89. The summed E-state index contributed by atoms with van der Waals surface area (Å²) in [6, 6.07) is 0. The van der Waals surface area contributed by atoms with Gasteiger partial charge < -0.3 is 0 Å². The van der Waals surface area contributed by atoms with E-state index in [1.54, 1.807) is 0 Å². The number of hydrogen-bond acceptors (Lipinski definition) is 1. The standard InChI is InChI=1S/C8H16S/c1-5-7(6-9)8(2,3)4/h6-7H,5H2,1-4H3. The van der Waals surface area contributed by atoms with Gasteiger partial charge in [0.2, 0.25) is 0 Å². The van der Waals surface area contributed by atoms with Gasteiger partial charge in [-0.2, -0.15) is 0 Å². The molecule has 9 heavy (non-hydrogen) atoms. The first kappa shape index (κ1) is 9.09. The lowest BCUT2D eigenvalue weighted by atomic mass is 9.81. The molecule has 0 aromatic carbocycles. The van der Waals surface area contributed by atoms with Gasteiger partial charge in [-0.05, 0) is 23.1 Å². The molecule has 0 aromatic heterocycles. The Kier molecular flexibility index (Phi) is 3.34. The quantitative estimate of drug-likeness (QED) is 0.537. The topological polar surface area (TPSA) is 0 Å². The van der Waals surface area contributed by atoms with E-state index in [1.807, 2.05) is 5.37 Å². The number of hydrogen-bond donors (Lipinski definition) is 0. The van der Waals surface area contributed by atoms with Gasteiger partial charge in [0.25, 0.3) is 0 Å². The van der Waals surface area contributed by atoms with Crippen molar-refractivity contribution < 1.29 is 0 Å². The summed E-state index contributed by atoms with van der Waals surface area (Å²) in [5.74, 6) is 0.590. The Bertz CT molecular complexity index is 89.2. The molecule has 54 valence electrons. The molecular weight excluding hydrogens is 128 g/mol. The SMILES string of the molecule is CCC(C=S)C(C)(C)C. The Balaban J connectivity index is 3.94. The van der Waals surface area contributed by atoms with Crippen LogP contribution in [-0.2, 0) is 0 Å². The van der Waals surface area contributed by atoms with Crippen LogP contribution in [0.2, 0.25) is 0 Å². The van der Waals surface area contributed by atoms with Gasteiger partial charge in [-0.15, -0.1) is 0 Å². The van der Waals surface area contributed by atoms with Gasteiger partial charge >= 0.3 is 0 Å². The highest BCUT2D eigenvalue weighted by molar-refractivity contribution is 7.79. The third-order valence-electron chi connectivity index (χ3n) is 1.72. The Labute approximate surface area is 63.7 Å². The minimum absolute atomic E-state index is 0.358. The van der Waals surface area contributed by atoms with Crippen molar-refractivity contribution in [1.29, 1.82) is 0 Å². The molecule has 1 atom stereocenters. The summed E-state index contributed by atoms with van der Waals surface area (Å²) < 4.78 is 0. The molecule has 0 bridgehead atoms. The number of rotatable bonds is 2. The van der Waals surface area contributed by atoms with Crippen molar-refractivity contribution in [2.45, 2.75) is 34.1 Å². The van der Waals surface area contributed by atoms with Crippen LogP contribution in [0.15, 0.2) is 0 Å². The molecule has 0 saturated carbocycles. The maximum absolute atomic E-state index is 4.90. The van der Waals surface area contributed by atoms with Crippen LogP contribution in [0.3, 0.4) is 0 Å². The highest BCUT2D eigenvalue weighted by Crippen LogP contribution is 2.26. The molecule has 0 aliphatic carbocycles. The lowest BCUT2D eigenvalue weighted by Crippen LogP contribution is -2.19. The van der Waals surface area contributed by atoms with Crippen LogP contribution in [0.25, 0.3) is 0 Å². The molecule has 1 unspecified atom stereocenters. The third kappa shape index (κ3) is 2.95. The monoisotopic (exact) mass is 144 g/mol. The second-order valence-corrected chi connectivity index (χ2v) is 3.79. The zero-order chi connectivity index (χ0) is 7.49. The fourth-order valence-corrected chi connectivity index (χ4v) is 1.51. The zero-order valence-corrected chi connectivity index (χ0v) is 7.59. The second kappa shape index (κ2) is 3.31. The van der Waals surface area contributed by atoms with E-state index < -0.39 is 0 Å². The van der Waals surface area contributed by atoms with Gasteiger partial charge in [0, 0.05) is 0 Å². The molecule has 0 fully saturated rings. The Morgan fingerprint density at radius 3 is 1.89 bits per heavy atom. The van der Waals surface area contributed by atoms with E-state index in [9.17, 15) is 0 Å². The molecule has 0 radical (unpaired) electrons. The van der Waals surface area contributed by atoms with E-state index in [-0.39, 0.29) is 0 Å². The summed E-state index contributed by atoms with van der Waals surface area (Å²) in [4.78, 5) is 0. The molecule has 0 rings (SSSR count). The van der Waals surface area contributed by atoms with Crippen LogP contribution < -0.4 is 0 Å². The molecule has 0 heterocycles. The molecule has 0 aliphatic rings. The van der Waals surface area contributed by atoms with Crippen molar-refractivity contribution in [1.82, 2.24) is 0 Å². The maximum Gasteiger partial charge on any atom is -0.00824 e. The summed E-state index contributed by atoms with van der Waals surface area (Å²) in [5.41, 5.74) is 0.358. The molecule has 0 saturated heterocycles. The molecular formula is C8H16S.